The Balaban J connectivity index is 0.973. The van der Waals surface area contributed by atoms with Gasteiger partial charge in [0, 0.05) is 44.9 Å². The number of hydrogen-bond donors (Lipinski definition) is 3. The number of carbonyl (C=O) groups excluding carboxylic acids is 1. The van der Waals surface area contributed by atoms with Gasteiger partial charge < -0.3 is 20.9 Å². The summed E-state index contributed by atoms with van der Waals surface area (Å²) in [6, 6.07) is 6.83. The third-order valence-corrected chi connectivity index (χ3v) is 11.4. The Labute approximate surface area is 273 Å². The van der Waals surface area contributed by atoms with Crippen molar-refractivity contribution < 1.29 is 18.0 Å². The van der Waals surface area contributed by atoms with Crippen molar-refractivity contribution in [1.29, 1.82) is 0 Å². The SMILES string of the molecule is CNc1cc(N2CCc3c(CN4CC[C@H](N5CCC6(CCNCC6)CC5)C(F)(F)C4)cccc32)nn2c(C(=O)N[C@@H]3C[C@@H]3F)cnc12. The van der Waals surface area contributed by atoms with Gasteiger partial charge in [-0.15, -0.1) is 5.10 Å². The molecule has 47 heavy (non-hydrogen) atoms. The van der Waals surface area contributed by atoms with Crippen LogP contribution in [0.2, 0.25) is 0 Å². The lowest BCUT2D eigenvalue weighted by atomic mass is 9.71. The molecule has 0 bridgehead atoms. The van der Waals surface area contributed by atoms with Crippen LogP contribution in [-0.2, 0) is 13.0 Å². The smallest absolute Gasteiger partial charge is 0.275 e. The third kappa shape index (κ3) is 5.73. The normalized spacial score (nSPS) is 27.2. The number of aromatic nitrogens is 3. The Bertz CT molecular complexity index is 1650. The van der Waals surface area contributed by atoms with Crippen LogP contribution in [-0.4, -0.2) is 107 Å². The van der Waals surface area contributed by atoms with Crippen LogP contribution >= 0.6 is 0 Å². The van der Waals surface area contributed by atoms with E-state index < -0.39 is 30.1 Å². The predicted molar refractivity (Wildman–Crippen MR) is 174 cm³/mol. The minimum Gasteiger partial charge on any atom is -0.385 e. The number of imidazole rings is 1. The van der Waals surface area contributed by atoms with Crippen LogP contribution in [0.25, 0.3) is 5.65 Å². The quantitative estimate of drug-likeness (QED) is 0.354. The first-order valence-electron chi connectivity index (χ1n) is 17.2. The summed E-state index contributed by atoms with van der Waals surface area (Å²) in [4.78, 5) is 23.4. The molecule has 1 aliphatic carbocycles. The molecule has 3 atom stereocenters. The van der Waals surface area contributed by atoms with Gasteiger partial charge in [0.2, 0.25) is 0 Å². The zero-order valence-corrected chi connectivity index (χ0v) is 27.0. The fraction of sp³-hybridized carbons (Fsp3) is 0.618. The van der Waals surface area contributed by atoms with Crippen molar-refractivity contribution in [3.63, 3.8) is 0 Å². The van der Waals surface area contributed by atoms with E-state index in [9.17, 15) is 9.18 Å². The molecule has 1 spiro atoms. The molecule has 10 nitrogen and oxygen atoms in total. The third-order valence-electron chi connectivity index (χ3n) is 11.4. The molecule has 2 aromatic heterocycles. The molecular formula is C34H44F3N9O. The minimum atomic E-state index is -2.76. The molecule has 0 radical (unpaired) electrons. The number of likely N-dealkylation sites (tertiary alicyclic amines) is 2. The summed E-state index contributed by atoms with van der Waals surface area (Å²) in [5, 5.41) is 14.1. The van der Waals surface area contributed by atoms with E-state index in [1.165, 1.54) is 23.6 Å². The van der Waals surface area contributed by atoms with Crippen LogP contribution in [0.5, 0.6) is 0 Å². The second kappa shape index (κ2) is 11.9. The van der Waals surface area contributed by atoms with Crippen molar-refractivity contribution in [2.75, 3.05) is 63.1 Å². The summed E-state index contributed by atoms with van der Waals surface area (Å²) in [5.41, 5.74) is 4.99. The topological polar surface area (TPSA) is 93.1 Å². The maximum atomic E-state index is 15.8. The number of hydrogen-bond acceptors (Lipinski definition) is 8. The van der Waals surface area contributed by atoms with E-state index in [0.717, 1.165) is 62.3 Å². The van der Waals surface area contributed by atoms with Crippen LogP contribution in [0.15, 0.2) is 30.5 Å². The molecule has 4 fully saturated rings. The van der Waals surface area contributed by atoms with Gasteiger partial charge in [-0.3, -0.25) is 14.6 Å². The maximum Gasteiger partial charge on any atom is 0.275 e. The molecule has 0 unspecified atom stereocenters. The number of alkyl halides is 3. The number of nitrogens with zero attached hydrogens (tertiary/aromatic N) is 6. The van der Waals surface area contributed by atoms with Crippen molar-refractivity contribution >= 4 is 28.7 Å². The first-order valence-corrected chi connectivity index (χ1v) is 17.2. The zero-order chi connectivity index (χ0) is 32.3. The highest BCUT2D eigenvalue weighted by molar-refractivity contribution is 5.94. The van der Waals surface area contributed by atoms with Gasteiger partial charge in [0.05, 0.1) is 30.5 Å². The standard InChI is InChI=1S/C34H44F3N9O/c1-38-26-18-30(42-46-28(19-40-31(26)46)32(47)41-25-17-24(25)35)45-14-5-23-22(3-2-4-27(23)45)20-43-13-6-29(34(36,37)21-43)44-15-9-33(10-16-44)7-11-39-12-8-33/h2-4,18-19,24-25,29,38-39H,5-17,20-21H2,1H3,(H,41,47)/t24-,25+,29-/m0/s1. The number of carbonyl (C=O) groups is 1. The molecule has 1 amide bonds. The van der Waals surface area contributed by atoms with Gasteiger partial charge in [-0.25, -0.2) is 22.7 Å². The van der Waals surface area contributed by atoms with Crippen LogP contribution < -0.4 is 20.9 Å². The fourth-order valence-corrected chi connectivity index (χ4v) is 8.47. The Morgan fingerprint density at radius 2 is 1.89 bits per heavy atom. The maximum absolute atomic E-state index is 15.8. The van der Waals surface area contributed by atoms with Crippen molar-refractivity contribution in [2.45, 2.75) is 75.7 Å². The summed E-state index contributed by atoms with van der Waals surface area (Å²) >= 11 is 0. The molecule has 4 aliphatic heterocycles. The molecule has 3 saturated heterocycles. The van der Waals surface area contributed by atoms with E-state index >= 15 is 8.78 Å². The van der Waals surface area contributed by atoms with E-state index in [1.54, 1.807) is 7.05 Å². The molecule has 13 heteroatoms. The van der Waals surface area contributed by atoms with Gasteiger partial charge >= 0.3 is 0 Å². The number of fused-ring (bicyclic) bond motifs is 2. The first kappa shape index (κ1) is 30.9. The average Bonchev–Trinajstić information content (AvgIpc) is 3.40. The molecule has 252 valence electrons. The van der Waals surface area contributed by atoms with E-state index in [1.807, 2.05) is 23.1 Å². The first-order chi connectivity index (χ1) is 22.7. The van der Waals surface area contributed by atoms with E-state index in [4.69, 9.17) is 5.10 Å². The Hall–Kier alpha value is -3.42. The van der Waals surface area contributed by atoms with Crippen LogP contribution in [0, 0.1) is 5.41 Å². The number of rotatable bonds is 7. The van der Waals surface area contributed by atoms with Crippen molar-refractivity contribution in [2.24, 2.45) is 5.41 Å². The molecule has 3 N–H and O–H groups in total. The van der Waals surface area contributed by atoms with Crippen molar-refractivity contribution in [1.82, 2.24) is 35.0 Å². The molecule has 3 aromatic rings. The monoisotopic (exact) mass is 651 g/mol. The van der Waals surface area contributed by atoms with E-state index in [0.29, 0.717) is 55.0 Å². The summed E-state index contributed by atoms with van der Waals surface area (Å²) < 4.78 is 46.5. The summed E-state index contributed by atoms with van der Waals surface area (Å²) in [7, 11) is 1.79. The van der Waals surface area contributed by atoms with E-state index in [2.05, 4.69) is 36.8 Å². The Morgan fingerprint density at radius 1 is 1.11 bits per heavy atom. The van der Waals surface area contributed by atoms with Gasteiger partial charge in [-0.05, 0) is 87.3 Å². The van der Waals surface area contributed by atoms with Crippen molar-refractivity contribution in [3.8, 4) is 0 Å². The fourth-order valence-electron chi connectivity index (χ4n) is 8.47. The highest BCUT2D eigenvalue weighted by atomic mass is 19.3. The molecule has 6 heterocycles. The lowest BCUT2D eigenvalue weighted by Crippen LogP contribution is -2.60. The number of piperidine rings is 3. The summed E-state index contributed by atoms with van der Waals surface area (Å²) in [5.74, 6) is -2.53. The largest absolute Gasteiger partial charge is 0.385 e. The van der Waals surface area contributed by atoms with Crippen molar-refractivity contribution in [3.05, 3.63) is 47.3 Å². The van der Waals surface area contributed by atoms with Crippen LogP contribution in [0.1, 0.15) is 60.1 Å². The second-order valence-electron chi connectivity index (χ2n) is 14.3. The Morgan fingerprint density at radius 3 is 2.62 bits per heavy atom. The second-order valence-corrected chi connectivity index (χ2v) is 14.3. The number of anilines is 3. The van der Waals surface area contributed by atoms with Gasteiger partial charge in [-0.2, -0.15) is 0 Å². The predicted octanol–water partition coefficient (Wildman–Crippen LogP) is 3.98. The number of halogens is 3. The average molecular weight is 652 g/mol. The molecule has 8 rings (SSSR count). The van der Waals surface area contributed by atoms with Crippen LogP contribution in [0.3, 0.4) is 0 Å². The molecule has 5 aliphatic rings. The molecule has 1 saturated carbocycles. The number of nitrogens with one attached hydrogen (secondary N) is 3. The van der Waals surface area contributed by atoms with E-state index in [-0.39, 0.29) is 12.2 Å². The van der Waals surface area contributed by atoms with Gasteiger partial charge in [-0.1, -0.05) is 12.1 Å². The lowest BCUT2D eigenvalue weighted by molar-refractivity contribution is -0.138. The minimum absolute atomic E-state index is 0.226. The van der Waals surface area contributed by atoms with Gasteiger partial charge in [0.15, 0.2) is 17.2 Å². The van der Waals surface area contributed by atoms with Gasteiger partial charge in [0.1, 0.15) is 6.17 Å². The Kier molecular flexibility index (Phi) is 7.83. The van der Waals surface area contributed by atoms with Gasteiger partial charge in [0.25, 0.3) is 11.8 Å². The molecule has 1 aromatic carbocycles. The summed E-state index contributed by atoms with van der Waals surface area (Å²) in [6.07, 6.45) is 6.41. The molecular weight excluding hydrogens is 607 g/mol. The van der Waals surface area contributed by atoms with Crippen LogP contribution in [0.4, 0.5) is 30.4 Å². The number of benzene rings is 1. The number of amides is 1. The zero-order valence-electron chi connectivity index (χ0n) is 27.0. The highest BCUT2D eigenvalue weighted by Gasteiger charge is 2.49. The summed E-state index contributed by atoms with van der Waals surface area (Å²) in [6.45, 7) is 5.22. The lowest BCUT2D eigenvalue weighted by Gasteiger charge is -2.50. The highest BCUT2D eigenvalue weighted by Crippen LogP contribution is 2.43.